The van der Waals surface area contributed by atoms with Gasteiger partial charge in [-0.15, -0.1) is 0 Å². The Hall–Kier alpha value is -8.14. The Morgan fingerprint density at radius 2 is 1.05 bits per heavy atom. The van der Waals surface area contributed by atoms with Gasteiger partial charge in [0.15, 0.2) is 0 Å². The highest BCUT2D eigenvalue weighted by Crippen LogP contribution is 2.55. The molecule has 14 rings (SSSR count). The monoisotopic (exact) mass is 816 g/mol. The van der Waals surface area contributed by atoms with E-state index in [1.165, 1.54) is 86.8 Å². The quantitative estimate of drug-likeness (QED) is 0.165. The van der Waals surface area contributed by atoms with E-state index < -0.39 is 0 Å². The number of anilines is 6. The van der Waals surface area contributed by atoms with Crippen LogP contribution in [0.15, 0.2) is 211 Å². The van der Waals surface area contributed by atoms with Crippen LogP contribution in [-0.4, -0.2) is 0 Å². The number of hydrogen-bond donors (Lipinski definition) is 0. The van der Waals surface area contributed by atoms with Crippen molar-refractivity contribution in [1.82, 2.24) is 0 Å². The zero-order chi connectivity index (χ0) is 42.3. The summed E-state index contributed by atoms with van der Waals surface area (Å²) in [6, 6.07) is 75.9. The lowest BCUT2D eigenvalue weighted by atomic mass is 9.73. The van der Waals surface area contributed by atoms with Gasteiger partial charge >= 0.3 is 0 Å². The summed E-state index contributed by atoms with van der Waals surface area (Å²) in [4.78, 5) is 4.84. The van der Waals surface area contributed by atoms with Crippen LogP contribution in [0.3, 0.4) is 0 Å². The molecule has 0 radical (unpaired) electrons. The summed E-state index contributed by atoms with van der Waals surface area (Å²) in [7, 11) is 0. The molecule has 0 bridgehead atoms. The lowest BCUT2D eigenvalue weighted by Gasteiger charge is -2.42. The van der Waals surface area contributed by atoms with Crippen molar-refractivity contribution in [2.45, 2.75) is 19.3 Å². The molecule has 0 spiro atoms. The van der Waals surface area contributed by atoms with E-state index in [4.69, 9.17) is 4.42 Å². The van der Waals surface area contributed by atoms with E-state index in [-0.39, 0.29) is 5.41 Å². The Kier molecular flexibility index (Phi) is 7.17. The first-order valence-electron chi connectivity index (χ1n) is 22.2. The molecule has 300 valence electrons. The van der Waals surface area contributed by atoms with E-state index in [1.54, 1.807) is 0 Å². The van der Waals surface area contributed by atoms with Crippen molar-refractivity contribution < 1.29 is 4.42 Å². The van der Waals surface area contributed by atoms with Gasteiger partial charge < -0.3 is 14.2 Å². The van der Waals surface area contributed by atoms with Crippen LogP contribution in [0.1, 0.15) is 25.0 Å². The van der Waals surface area contributed by atoms with Gasteiger partial charge in [0.25, 0.3) is 0 Å². The summed E-state index contributed by atoms with van der Waals surface area (Å²) >= 11 is 0. The van der Waals surface area contributed by atoms with Gasteiger partial charge in [0.05, 0.1) is 17.1 Å². The molecule has 0 amide bonds. The number of nitrogens with zero attached hydrogens (tertiary/aromatic N) is 2. The van der Waals surface area contributed by atoms with E-state index in [2.05, 4.69) is 230 Å². The molecule has 64 heavy (non-hydrogen) atoms. The standard InChI is InChI=1S/C61H40N2O/c1-61(2)51-19-8-9-20-54(51)63(55-36-56-50(35-52(55)61)60-49-29-26-39-15-10-14-38-22-25-42(34-57(60)64-56)59(49)58(38)39)45-28-31-47-41(33-45)24-23-40-32-44(27-30-46(40)47)62(43-16-4-3-5-17-43)53-21-11-13-37-12-6-7-18-48(37)53/h3-36H,1-2H3. The van der Waals surface area contributed by atoms with Crippen LogP contribution in [0.4, 0.5) is 34.1 Å². The minimum absolute atomic E-state index is 0.256. The topological polar surface area (TPSA) is 19.6 Å². The number of fused-ring (bicyclic) bond motifs is 10. The average molecular weight is 817 g/mol. The van der Waals surface area contributed by atoms with E-state index in [9.17, 15) is 0 Å². The van der Waals surface area contributed by atoms with Crippen molar-refractivity contribution in [3.05, 3.63) is 217 Å². The highest BCUT2D eigenvalue weighted by molar-refractivity contribution is 6.32. The van der Waals surface area contributed by atoms with Crippen LogP contribution in [0.2, 0.25) is 0 Å². The van der Waals surface area contributed by atoms with E-state index >= 15 is 0 Å². The first-order chi connectivity index (χ1) is 31.5. The molecule has 3 nitrogen and oxygen atoms in total. The molecule has 0 saturated heterocycles. The summed E-state index contributed by atoms with van der Waals surface area (Å²) in [6.07, 6.45) is 0. The predicted molar refractivity (Wildman–Crippen MR) is 271 cm³/mol. The van der Waals surface area contributed by atoms with Gasteiger partial charge in [-0.2, -0.15) is 0 Å². The van der Waals surface area contributed by atoms with Crippen molar-refractivity contribution in [2.75, 3.05) is 9.80 Å². The summed E-state index contributed by atoms with van der Waals surface area (Å²) in [5, 5.41) is 17.3. The van der Waals surface area contributed by atoms with Crippen molar-refractivity contribution >= 4 is 121 Å². The van der Waals surface area contributed by atoms with Crippen molar-refractivity contribution in [3.63, 3.8) is 0 Å². The highest BCUT2D eigenvalue weighted by atomic mass is 16.3. The highest BCUT2D eigenvalue weighted by Gasteiger charge is 2.38. The molecule has 1 aliphatic heterocycles. The van der Waals surface area contributed by atoms with Gasteiger partial charge in [0.1, 0.15) is 11.2 Å². The molecule has 3 heteroatoms. The average Bonchev–Trinajstić information content (AvgIpc) is 3.70. The van der Waals surface area contributed by atoms with Crippen molar-refractivity contribution in [1.29, 1.82) is 0 Å². The molecule has 0 N–H and O–H groups in total. The Morgan fingerprint density at radius 1 is 0.375 bits per heavy atom. The summed E-state index contributed by atoms with van der Waals surface area (Å²) in [6.45, 7) is 4.74. The molecule has 0 saturated carbocycles. The van der Waals surface area contributed by atoms with Gasteiger partial charge in [-0.05, 0) is 131 Å². The number of hydrogen-bond acceptors (Lipinski definition) is 3. The van der Waals surface area contributed by atoms with Crippen LogP contribution in [-0.2, 0) is 5.41 Å². The first kappa shape index (κ1) is 35.5. The lowest BCUT2D eigenvalue weighted by molar-refractivity contribution is 0.630. The Morgan fingerprint density at radius 3 is 1.92 bits per heavy atom. The van der Waals surface area contributed by atoms with Gasteiger partial charge in [0, 0.05) is 44.7 Å². The minimum atomic E-state index is -0.256. The maximum Gasteiger partial charge on any atom is 0.137 e. The molecule has 2 heterocycles. The lowest BCUT2D eigenvalue weighted by Crippen LogP contribution is -2.30. The van der Waals surface area contributed by atoms with Crippen LogP contribution in [0.25, 0.3) is 86.6 Å². The zero-order valence-corrected chi connectivity index (χ0v) is 35.4. The van der Waals surface area contributed by atoms with Gasteiger partial charge in [0.2, 0.25) is 0 Å². The number of benzene rings is 12. The zero-order valence-electron chi connectivity index (χ0n) is 35.4. The molecule has 1 aliphatic rings. The fourth-order valence-electron chi connectivity index (χ4n) is 11.3. The first-order valence-corrected chi connectivity index (χ1v) is 22.2. The second-order valence-electron chi connectivity index (χ2n) is 18.1. The smallest absolute Gasteiger partial charge is 0.137 e. The maximum atomic E-state index is 6.90. The third-order valence-electron chi connectivity index (χ3n) is 14.3. The van der Waals surface area contributed by atoms with Crippen LogP contribution >= 0.6 is 0 Å². The van der Waals surface area contributed by atoms with Gasteiger partial charge in [-0.25, -0.2) is 0 Å². The van der Waals surface area contributed by atoms with E-state index in [0.717, 1.165) is 45.0 Å². The van der Waals surface area contributed by atoms with E-state index in [0.29, 0.717) is 0 Å². The van der Waals surface area contributed by atoms with Gasteiger partial charge in [-0.1, -0.05) is 153 Å². The summed E-state index contributed by atoms with van der Waals surface area (Å²) in [5.74, 6) is 0. The maximum absolute atomic E-state index is 6.90. The van der Waals surface area contributed by atoms with Crippen LogP contribution in [0, 0.1) is 0 Å². The second-order valence-corrected chi connectivity index (χ2v) is 18.1. The fourth-order valence-corrected chi connectivity index (χ4v) is 11.3. The molecule has 12 aromatic carbocycles. The third kappa shape index (κ3) is 4.92. The molecule has 0 aliphatic carbocycles. The molecule has 0 atom stereocenters. The fraction of sp³-hybridized carbons (Fsp3) is 0.0492. The minimum Gasteiger partial charge on any atom is -0.456 e. The number of rotatable bonds is 4. The van der Waals surface area contributed by atoms with Crippen molar-refractivity contribution in [3.8, 4) is 0 Å². The second kappa shape index (κ2) is 12.9. The third-order valence-corrected chi connectivity index (χ3v) is 14.3. The molecular weight excluding hydrogens is 777 g/mol. The Bertz CT molecular complexity index is 4050. The SMILES string of the molecule is CC1(C)c2ccccc2N(c2ccc3c(ccc4cc(N(c5ccccc5)c5cccc6ccccc56)ccc43)c2)c2cc3oc4cc5ccc6cccc7ccc(c4c3cc21)c5c67. The molecule has 1 aromatic heterocycles. The summed E-state index contributed by atoms with van der Waals surface area (Å²) in [5.41, 5.74) is 11.0. The van der Waals surface area contributed by atoms with Crippen LogP contribution < -0.4 is 9.80 Å². The van der Waals surface area contributed by atoms with E-state index in [1.807, 2.05) is 0 Å². The molecular formula is C61H40N2O. The summed E-state index contributed by atoms with van der Waals surface area (Å²) < 4.78 is 6.90. The number of furan rings is 1. The predicted octanol–water partition coefficient (Wildman–Crippen LogP) is 17.5. The van der Waals surface area contributed by atoms with Gasteiger partial charge in [-0.3, -0.25) is 0 Å². The largest absolute Gasteiger partial charge is 0.456 e. The molecule has 0 fully saturated rings. The molecule has 0 unspecified atom stereocenters. The Labute approximate surface area is 369 Å². The van der Waals surface area contributed by atoms with Crippen molar-refractivity contribution in [2.24, 2.45) is 0 Å². The number of para-hydroxylation sites is 2. The molecule has 13 aromatic rings. The normalized spacial score (nSPS) is 13.6. The van der Waals surface area contributed by atoms with Crippen LogP contribution in [0.5, 0.6) is 0 Å². The Balaban J connectivity index is 0.932.